The van der Waals surface area contributed by atoms with Crippen LogP contribution in [0.2, 0.25) is 0 Å². The molecule has 3 nitrogen and oxygen atoms in total. The van der Waals surface area contributed by atoms with E-state index in [0.717, 1.165) is 29.9 Å². The van der Waals surface area contributed by atoms with E-state index in [2.05, 4.69) is 87.1 Å². The number of aliphatic imine (C=N–C) groups is 1. The standard InChI is InChI=1S/C34H46N3/c1-24(23-36-32-10-8-7-9-25(32)2)21-26-12-14-30-29-13-11-27-22-28(37(6)20-19-35-5)15-17-33(27,3)31(29)16-18-34(26,30)4/h5,7-12,19-20,23-24,28-31H,13-18,21-22H2,1-4,6H3/q+1/b20-19-,36-23?. The summed E-state index contributed by atoms with van der Waals surface area (Å²) < 4.78 is 0. The summed E-state index contributed by atoms with van der Waals surface area (Å²) in [5.74, 6) is 2.91. The quantitative estimate of drug-likeness (QED) is 0.284. The zero-order valence-corrected chi connectivity index (χ0v) is 23.7. The molecule has 0 bridgehead atoms. The van der Waals surface area contributed by atoms with Crippen LogP contribution >= 0.6 is 0 Å². The summed E-state index contributed by atoms with van der Waals surface area (Å²) in [5, 5.41) is 0. The fourth-order valence-electron chi connectivity index (χ4n) is 8.54. The van der Waals surface area contributed by atoms with Gasteiger partial charge in [0, 0.05) is 19.3 Å². The maximum absolute atomic E-state index is 5.33. The molecule has 2 fully saturated rings. The smallest absolute Gasteiger partial charge is 0.320 e. The van der Waals surface area contributed by atoms with Gasteiger partial charge in [-0.15, -0.1) is 0 Å². The first-order valence-corrected chi connectivity index (χ1v) is 14.5. The van der Waals surface area contributed by atoms with Crippen molar-refractivity contribution in [3.8, 4) is 6.57 Å². The highest BCUT2D eigenvalue weighted by Crippen LogP contribution is 2.65. The molecule has 0 saturated heterocycles. The van der Waals surface area contributed by atoms with Gasteiger partial charge in [0.25, 0.3) is 6.57 Å². The van der Waals surface area contributed by atoms with E-state index < -0.39 is 0 Å². The second-order valence-electron chi connectivity index (χ2n) is 12.9. The first-order valence-electron chi connectivity index (χ1n) is 14.5. The average Bonchev–Trinajstić information content (AvgIpc) is 3.22. The maximum Gasteiger partial charge on any atom is 0.320 e. The van der Waals surface area contributed by atoms with Gasteiger partial charge in [-0.05, 0) is 109 Å². The highest BCUT2D eigenvalue weighted by atomic mass is 15.1. The molecule has 37 heavy (non-hydrogen) atoms. The van der Waals surface area contributed by atoms with Crippen molar-refractivity contribution in [3.63, 3.8) is 0 Å². The summed E-state index contributed by atoms with van der Waals surface area (Å²) in [4.78, 5) is 10.8. The molecule has 1 aromatic carbocycles. The van der Waals surface area contributed by atoms with E-state index in [1.807, 2.05) is 6.20 Å². The van der Waals surface area contributed by atoms with E-state index in [-0.39, 0.29) is 0 Å². The van der Waals surface area contributed by atoms with Gasteiger partial charge in [-0.1, -0.05) is 62.3 Å². The molecule has 0 radical (unpaired) electrons. The molecular weight excluding hydrogens is 450 g/mol. The topological polar surface area (TPSA) is 20.0 Å². The van der Waals surface area contributed by atoms with Gasteiger partial charge in [0.05, 0.1) is 11.9 Å². The molecule has 0 amide bonds. The Morgan fingerprint density at radius 3 is 2.68 bits per heavy atom. The van der Waals surface area contributed by atoms with Crippen molar-refractivity contribution in [1.29, 1.82) is 0 Å². The van der Waals surface area contributed by atoms with Gasteiger partial charge in [-0.2, -0.15) is 0 Å². The predicted molar refractivity (Wildman–Crippen MR) is 157 cm³/mol. The maximum atomic E-state index is 5.33. The van der Waals surface area contributed by atoms with Gasteiger partial charge in [0.1, 0.15) is 0 Å². The molecule has 3 heteroatoms. The molecule has 0 spiro atoms. The van der Waals surface area contributed by atoms with Crippen LogP contribution in [0.4, 0.5) is 5.69 Å². The Hall–Kier alpha value is -2.60. The van der Waals surface area contributed by atoms with Crippen LogP contribution in [0.25, 0.3) is 4.85 Å². The van der Waals surface area contributed by atoms with Gasteiger partial charge in [0.15, 0.2) is 0 Å². The molecule has 0 N–H and O–H groups in total. The lowest BCUT2D eigenvalue weighted by Crippen LogP contribution is -2.51. The zero-order valence-electron chi connectivity index (χ0n) is 23.7. The van der Waals surface area contributed by atoms with Crippen LogP contribution in [0.15, 0.2) is 65.0 Å². The van der Waals surface area contributed by atoms with Crippen LogP contribution in [0.3, 0.4) is 0 Å². The molecule has 4 aliphatic carbocycles. The fourth-order valence-corrected chi connectivity index (χ4v) is 8.54. The molecule has 196 valence electrons. The highest BCUT2D eigenvalue weighted by molar-refractivity contribution is 5.67. The number of rotatable bonds is 6. The lowest BCUT2D eigenvalue weighted by atomic mass is 9.47. The molecule has 0 aromatic heterocycles. The van der Waals surface area contributed by atoms with Gasteiger partial charge in [-0.3, -0.25) is 4.99 Å². The van der Waals surface area contributed by atoms with Gasteiger partial charge in [0.2, 0.25) is 0 Å². The Labute approximate surface area is 225 Å². The van der Waals surface area contributed by atoms with Crippen molar-refractivity contribution in [3.05, 3.63) is 70.4 Å². The third-order valence-corrected chi connectivity index (χ3v) is 10.9. The number of para-hydroxylation sites is 1. The Balaban J connectivity index is 1.27. The van der Waals surface area contributed by atoms with Gasteiger partial charge >= 0.3 is 6.20 Å². The number of aryl methyl sites for hydroxylation is 1. The van der Waals surface area contributed by atoms with Crippen LogP contribution < -0.4 is 0 Å². The monoisotopic (exact) mass is 496 g/mol. The molecule has 0 heterocycles. The van der Waals surface area contributed by atoms with Crippen LogP contribution in [-0.2, 0) is 0 Å². The summed E-state index contributed by atoms with van der Waals surface area (Å²) in [5.41, 5.74) is 6.52. The summed E-state index contributed by atoms with van der Waals surface area (Å²) in [7, 11) is 2.17. The third kappa shape index (κ3) is 4.73. The van der Waals surface area contributed by atoms with Crippen LogP contribution in [0.1, 0.15) is 77.7 Å². The minimum absolute atomic E-state index is 0.363. The normalized spacial score (nSPS) is 35.8. The number of allylic oxidation sites excluding steroid dienone is 3. The second-order valence-corrected chi connectivity index (χ2v) is 12.9. The van der Waals surface area contributed by atoms with Crippen molar-refractivity contribution in [2.45, 2.75) is 85.1 Å². The van der Waals surface area contributed by atoms with E-state index in [0.29, 0.717) is 22.8 Å². The number of hydrogen-bond acceptors (Lipinski definition) is 2. The van der Waals surface area contributed by atoms with Crippen molar-refractivity contribution in [1.82, 2.24) is 4.90 Å². The number of fused-ring (bicyclic) bond motifs is 5. The zero-order chi connectivity index (χ0) is 26.2. The lowest BCUT2D eigenvalue weighted by molar-refractivity contribution is -0.0230. The lowest BCUT2D eigenvalue weighted by Gasteiger charge is -2.58. The molecule has 1 aromatic rings. The van der Waals surface area contributed by atoms with Gasteiger partial charge < -0.3 is 4.90 Å². The number of hydrogen-bond donors (Lipinski definition) is 0. The van der Waals surface area contributed by atoms with E-state index in [1.54, 1.807) is 17.3 Å². The molecule has 7 unspecified atom stereocenters. The van der Waals surface area contributed by atoms with Crippen molar-refractivity contribution < 1.29 is 0 Å². The molecule has 2 saturated carbocycles. The summed E-state index contributed by atoms with van der Waals surface area (Å²) in [6.07, 6.45) is 21.4. The molecule has 7 atom stereocenters. The number of benzene rings is 1. The highest BCUT2D eigenvalue weighted by Gasteiger charge is 2.56. The van der Waals surface area contributed by atoms with E-state index in [4.69, 9.17) is 11.6 Å². The molecule has 4 aliphatic rings. The van der Waals surface area contributed by atoms with Crippen LogP contribution in [0, 0.1) is 48.0 Å². The second kappa shape index (κ2) is 10.3. The SMILES string of the molecule is C#[N+]/C=C\N(C)C1CCC2(C)C(=CCC3C4CC=C(CC(C)C=Nc5ccccc5C)C4(C)CCC32)C1. The summed E-state index contributed by atoms with van der Waals surface area (Å²) in [6.45, 7) is 15.0. The molecule has 0 aliphatic heterocycles. The predicted octanol–water partition coefficient (Wildman–Crippen LogP) is 8.96. The van der Waals surface area contributed by atoms with Gasteiger partial charge in [-0.25, -0.2) is 0 Å². The Morgan fingerprint density at radius 2 is 1.89 bits per heavy atom. The average molecular weight is 497 g/mol. The molecular formula is C34H46N3+. The van der Waals surface area contributed by atoms with E-state index in [1.165, 1.54) is 50.5 Å². The fraction of sp³-hybridized carbons (Fsp3) is 0.588. The van der Waals surface area contributed by atoms with Crippen LogP contribution in [-0.4, -0.2) is 24.2 Å². The van der Waals surface area contributed by atoms with Crippen molar-refractivity contribution in [2.75, 3.05) is 7.05 Å². The third-order valence-electron chi connectivity index (χ3n) is 10.9. The first kappa shape index (κ1) is 26.0. The minimum atomic E-state index is 0.363. The first-order chi connectivity index (χ1) is 17.8. The largest absolute Gasteiger partial charge is 0.371 e. The number of nitrogens with zero attached hydrogens (tertiary/aromatic N) is 3. The molecule has 5 rings (SSSR count). The Bertz CT molecular complexity index is 1170. The summed E-state index contributed by atoms with van der Waals surface area (Å²) in [6, 6.07) is 8.99. The van der Waals surface area contributed by atoms with Crippen LogP contribution in [0.5, 0.6) is 0 Å². The van der Waals surface area contributed by atoms with E-state index >= 15 is 0 Å². The van der Waals surface area contributed by atoms with Crippen molar-refractivity contribution >= 4 is 11.9 Å². The summed E-state index contributed by atoms with van der Waals surface area (Å²) >= 11 is 0. The Morgan fingerprint density at radius 1 is 1.11 bits per heavy atom. The van der Waals surface area contributed by atoms with Crippen molar-refractivity contribution in [2.24, 2.45) is 39.5 Å². The van der Waals surface area contributed by atoms with E-state index in [9.17, 15) is 0 Å². The minimum Gasteiger partial charge on any atom is -0.371 e. The Kier molecular flexibility index (Phi) is 7.23.